The van der Waals surface area contributed by atoms with Crippen molar-refractivity contribution in [1.82, 2.24) is 10.2 Å². The van der Waals surface area contributed by atoms with E-state index in [9.17, 15) is 0 Å². The Bertz CT molecular complexity index is 594. The highest BCUT2D eigenvalue weighted by molar-refractivity contribution is 5.80. The van der Waals surface area contributed by atoms with Crippen LogP contribution in [0, 0.1) is 11.3 Å². The van der Waals surface area contributed by atoms with Gasteiger partial charge >= 0.3 is 0 Å². The molecular weight excluding hydrogens is 298 g/mol. The minimum Gasteiger partial charge on any atom is -0.377 e. The van der Waals surface area contributed by atoms with Crippen LogP contribution in [-0.2, 0) is 11.3 Å². The molecule has 2 saturated carbocycles. The van der Waals surface area contributed by atoms with Crippen LogP contribution < -0.4 is 5.32 Å². The monoisotopic (exact) mass is 327 g/mol. The van der Waals surface area contributed by atoms with Crippen LogP contribution in [0.3, 0.4) is 0 Å². The maximum atomic E-state index is 6.10. The lowest BCUT2D eigenvalue weighted by Gasteiger charge is -2.57. The SMILES string of the molecule is CN=C(NC1C2CCOC2C12CCCC2)N(C)Cc1ccccc1. The minimum atomic E-state index is 0.366. The number of hydrogen-bond donors (Lipinski definition) is 1. The first kappa shape index (κ1) is 15.9. The molecule has 3 fully saturated rings. The van der Waals surface area contributed by atoms with E-state index in [1.807, 2.05) is 7.05 Å². The summed E-state index contributed by atoms with van der Waals surface area (Å²) in [6.45, 7) is 1.82. The molecule has 0 aromatic heterocycles. The molecule has 0 radical (unpaired) electrons. The fourth-order valence-electron chi connectivity index (χ4n) is 5.32. The molecule has 2 aliphatic carbocycles. The zero-order valence-electron chi connectivity index (χ0n) is 14.9. The van der Waals surface area contributed by atoms with Gasteiger partial charge in [0.1, 0.15) is 0 Å². The van der Waals surface area contributed by atoms with Gasteiger partial charge in [-0.2, -0.15) is 0 Å². The molecule has 3 aliphatic rings. The van der Waals surface area contributed by atoms with E-state index >= 15 is 0 Å². The Hall–Kier alpha value is -1.55. The van der Waals surface area contributed by atoms with E-state index in [-0.39, 0.29) is 0 Å². The summed E-state index contributed by atoms with van der Waals surface area (Å²) in [6, 6.07) is 11.1. The summed E-state index contributed by atoms with van der Waals surface area (Å²) >= 11 is 0. The standard InChI is InChI=1S/C20H29N3O/c1-21-19(23(2)14-15-8-4-3-5-9-15)22-17-16-10-13-24-18(16)20(17)11-6-7-12-20/h3-5,8-9,16-18H,6-7,10-14H2,1-2H3,(H,21,22). The van der Waals surface area contributed by atoms with Crippen LogP contribution in [-0.4, -0.2) is 43.7 Å². The van der Waals surface area contributed by atoms with Gasteiger partial charge < -0.3 is 15.0 Å². The van der Waals surface area contributed by atoms with E-state index in [0.29, 0.717) is 23.5 Å². The Morgan fingerprint density at radius 2 is 2.04 bits per heavy atom. The summed E-state index contributed by atoms with van der Waals surface area (Å²) in [5.41, 5.74) is 1.68. The Morgan fingerprint density at radius 1 is 1.29 bits per heavy atom. The van der Waals surface area contributed by atoms with E-state index in [0.717, 1.165) is 19.1 Å². The van der Waals surface area contributed by atoms with Crippen LogP contribution in [0.1, 0.15) is 37.7 Å². The Kier molecular flexibility index (Phi) is 4.25. The fraction of sp³-hybridized carbons (Fsp3) is 0.650. The second-order valence-corrected chi connectivity index (χ2v) is 7.70. The summed E-state index contributed by atoms with van der Waals surface area (Å²) in [7, 11) is 4.03. The topological polar surface area (TPSA) is 36.9 Å². The summed E-state index contributed by atoms with van der Waals surface area (Å²) in [6.07, 6.45) is 7.02. The van der Waals surface area contributed by atoms with E-state index in [2.05, 4.69) is 52.6 Å². The molecule has 1 aromatic carbocycles. The smallest absolute Gasteiger partial charge is 0.193 e. The van der Waals surface area contributed by atoms with Gasteiger partial charge in [0.25, 0.3) is 0 Å². The normalized spacial score (nSPS) is 30.9. The first-order valence-corrected chi connectivity index (χ1v) is 9.34. The van der Waals surface area contributed by atoms with Crippen molar-refractivity contribution in [3.05, 3.63) is 35.9 Å². The number of nitrogens with zero attached hydrogens (tertiary/aromatic N) is 2. The third-order valence-electron chi connectivity index (χ3n) is 6.41. The number of nitrogens with one attached hydrogen (secondary N) is 1. The lowest BCUT2D eigenvalue weighted by molar-refractivity contribution is -0.125. The lowest BCUT2D eigenvalue weighted by atomic mass is 9.54. The molecule has 1 N–H and O–H groups in total. The van der Waals surface area contributed by atoms with E-state index in [1.165, 1.54) is 37.7 Å². The molecule has 1 aromatic rings. The Labute approximate surface area is 145 Å². The minimum absolute atomic E-state index is 0.366. The Morgan fingerprint density at radius 3 is 2.75 bits per heavy atom. The van der Waals surface area contributed by atoms with Gasteiger partial charge in [-0.25, -0.2) is 0 Å². The zero-order chi connectivity index (χ0) is 16.6. The summed E-state index contributed by atoms with van der Waals surface area (Å²) in [4.78, 5) is 6.80. The number of hydrogen-bond acceptors (Lipinski definition) is 2. The molecule has 1 aliphatic heterocycles. The number of guanidine groups is 1. The van der Waals surface area contributed by atoms with Crippen LogP contribution >= 0.6 is 0 Å². The van der Waals surface area contributed by atoms with Crippen molar-refractivity contribution in [2.24, 2.45) is 16.3 Å². The van der Waals surface area contributed by atoms with Gasteiger partial charge in [-0.05, 0) is 24.8 Å². The number of aliphatic imine (C=N–C) groups is 1. The summed E-state index contributed by atoms with van der Waals surface area (Å²) in [5, 5.41) is 3.82. The molecule has 24 heavy (non-hydrogen) atoms. The second kappa shape index (κ2) is 6.40. The molecule has 0 bridgehead atoms. The third kappa shape index (κ3) is 2.52. The van der Waals surface area contributed by atoms with Gasteiger partial charge in [-0.3, -0.25) is 4.99 Å². The average molecular weight is 327 g/mol. The molecule has 3 atom stereocenters. The predicted molar refractivity (Wildman–Crippen MR) is 96.9 cm³/mol. The summed E-state index contributed by atoms with van der Waals surface area (Å²) in [5.74, 6) is 1.69. The van der Waals surface area contributed by atoms with Crippen molar-refractivity contribution in [1.29, 1.82) is 0 Å². The van der Waals surface area contributed by atoms with Crippen LogP contribution in [0.4, 0.5) is 0 Å². The molecule has 0 amide bonds. The molecule has 1 spiro atoms. The summed E-state index contributed by atoms with van der Waals surface area (Å²) < 4.78 is 6.10. The van der Waals surface area contributed by atoms with Crippen molar-refractivity contribution in [3.63, 3.8) is 0 Å². The molecule has 1 saturated heterocycles. The van der Waals surface area contributed by atoms with Gasteiger partial charge in [0.2, 0.25) is 0 Å². The molecule has 4 nitrogen and oxygen atoms in total. The maximum absolute atomic E-state index is 6.10. The molecule has 3 unspecified atom stereocenters. The van der Waals surface area contributed by atoms with E-state index in [4.69, 9.17) is 4.74 Å². The maximum Gasteiger partial charge on any atom is 0.193 e. The van der Waals surface area contributed by atoms with Crippen LogP contribution in [0.2, 0.25) is 0 Å². The van der Waals surface area contributed by atoms with E-state index in [1.54, 1.807) is 0 Å². The van der Waals surface area contributed by atoms with Crippen LogP contribution in [0.25, 0.3) is 0 Å². The van der Waals surface area contributed by atoms with Crippen LogP contribution in [0.5, 0.6) is 0 Å². The first-order chi connectivity index (χ1) is 11.7. The lowest BCUT2D eigenvalue weighted by Crippen LogP contribution is -2.69. The predicted octanol–water partition coefficient (Wildman–Crippen LogP) is 3.04. The highest BCUT2D eigenvalue weighted by Crippen LogP contribution is 2.60. The molecule has 1 heterocycles. The number of fused-ring (bicyclic) bond motifs is 2. The van der Waals surface area contributed by atoms with Gasteiger partial charge in [-0.1, -0.05) is 43.2 Å². The number of ether oxygens (including phenoxy) is 1. The highest BCUT2D eigenvalue weighted by Gasteiger charge is 2.65. The quantitative estimate of drug-likeness (QED) is 0.685. The van der Waals surface area contributed by atoms with E-state index < -0.39 is 0 Å². The zero-order valence-corrected chi connectivity index (χ0v) is 14.9. The highest BCUT2D eigenvalue weighted by atomic mass is 16.5. The number of benzene rings is 1. The van der Waals surface area contributed by atoms with Crippen molar-refractivity contribution in [3.8, 4) is 0 Å². The molecule has 4 rings (SSSR count). The molecular formula is C20H29N3O. The molecule has 4 heteroatoms. The van der Waals surface area contributed by atoms with Crippen LogP contribution in [0.15, 0.2) is 35.3 Å². The molecule has 130 valence electrons. The Balaban J connectivity index is 1.46. The average Bonchev–Trinajstić information content (AvgIpc) is 3.25. The van der Waals surface area contributed by atoms with Gasteiger partial charge in [0, 0.05) is 44.6 Å². The first-order valence-electron chi connectivity index (χ1n) is 9.34. The van der Waals surface area contributed by atoms with Crippen molar-refractivity contribution in [2.45, 2.75) is 50.8 Å². The van der Waals surface area contributed by atoms with Gasteiger partial charge in [0.15, 0.2) is 5.96 Å². The van der Waals surface area contributed by atoms with Crippen molar-refractivity contribution < 1.29 is 4.74 Å². The van der Waals surface area contributed by atoms with Gasteiger partial charge in [-0.15, -0.1) is 0 Å². The largest absolute Gasteiger partial charge is 0.377 e. The van der Waals surface area contributed by atoms with Crippen molar-refractivity contribution in [2.75, 3.05) is 20.7 Å². The third-order valence-corrected chi connectivity index (χ3v) is 6.41. The van der Waals surface area contributed by atoms with Gasteiger partial charge in [0.05, 0.1) is 6.10 Å². The second-order valence-electron chi connectivity index (χ2n) is 7.70. The van der Waals surface area contributed by atoms with Crippen molar-refractivity contribution >= 4 is 5.96 Å². The number of rotatable bonds is 3. The fourth-order valence-corrected chi connectivity index (χ4v) is 5.32.